The highest BCUT2D eigenvalue weighted by Crippen LogP contribution is 1.98. The van der Waals surface area contributed by atoms with Gasteiger partial charge in [0.05, 0.1) is 0 Å². The van der Waals surface area contributed by atoms with Crippen molar-refractivity contribution in [2.24, 2.45) is 7.05 Å². The summed E-state index contributed by atoms with van der Waals surface area (Å²) in [4.78, 5) is 4.12. The Balaban J connectivity index is 1.80. The predicted molar refractivity (Wildman–Crippen MR) is 55.2 cm³/mol. The van der Waals surface area contributed by atoms with Crippen LogP contribution in [0.3, 0.4) is 0 Å². The summed E-state index contributed by atoms with van der Waals surface area (Å²) >= 11 is 0. The van der Waals surface area contributed by atoms with Crippen LogP contribution in [0.1, 0.15) is 5.82 Å². The maximum atomic E-state index is 4.17. The van der Waals surface area contributed by atoms with Crippen molar-refractivity contribution in [1.82, 2.24) is 25.0 Å². The topological polar surface area (TPSA) is 68.5 Å². The second-order valence-corrected chi connectivity index (χ2v) is 3.12. The molecular weight excluding hydrogens is 192 g/mol. The molecule has 1 N–H and O–H groups in total. The second kappa shape index (κ2) is 4.50. The molecule has 2 rings (SSSR count). The molecule has 0 unspecified atom stereocenters. The molecule has 0 spiro atoms. The summed E-state index contributed by atoms with van der Waals surface area (Å²) in [5.41, 5.74) is 0. The molecule has 2 aromatic rings. The van der Waals surface area contributed by atoms with Crippen LogP contribution in [-0.2, 0) is 13.5 Å². The molecule has 78 valence electrons. The van der Waals surface area contributed by atoms with E-state index in [1.165, 1.54) is 0 Å². The van der Waals surface area contributed by atoms with Crippen molar-refractivity contribution < 1.29 is 0 Å². The first-order chi connectivity index (χ1) is 7.34. The van der Waals surface area contributed by atoms with Crippen LogP contribution in [0.5, 0.6) is 0 Å². The molecule has 0 fully saturated rings. The van der Waals surface area contributed by atoms with E-state index in [2.05, 4.69) is 25.6 Å². The fourth-order valence-corrected chi connectivity index (χ4v) is 1.20. The van der Waals surface area contributed by atoms with Crippen molar-refractivity contribution in [3.8, 4) is 0 Å². The van der Waals surface area contributed by atoms with Crippen molar-refractivity contribution in [3.63, 3.8) is 0 Å². The molecule has 0 aliphatic heterocycles. The zero-order valence-corrected chi connectivity index (χ0v) is 8.46. The quantitative estimate of drug-likeness (QED) is 0.773. The van der Waals surface area contributed by atoms with Crippen LogP contribution < -0.4 is 5.32 Å². The van der Waals surface area contributed by atoms with Gasteiger partial charge in [-0.15, -0.1) is 5.10 Å². The molecular formula is C9H12N6. The molecule has 6 heteroatoms. The molecule has 0 atom stereocenters. The van der Waals surface area contributed by atoms with Crippen LogP contribution in [0.4, 0.5) is 5.82 Å². The first-order valence-corrected chi connectivity index (χ1v) is 4.71. The third kappa shape index (κ3) is 2.73. The van der Waals surface area contributed by atoms with Gasteiger partial charge < -0.3 is 5.32 Å². The first kappa shape index (κ1) is 9.57. The summed E-state index contributed by atoms with van der Waals surface area (Å²) in [5.74, 6) is 1.60. The van der Waals surface area contributed by atoms with Gasteiger partial charge >= 0.3 is 0 Å². The largest absolute Gasteiger partial charge is 0.368 e. The summed E-state index contributed by atoms with van der Waals surface area (Å²) < 4.78 is 1.69. The van der Waals surface area contributed by atoms with E-state index in [9.17, 15) is 0 Å². The average Bonchev–Trinajstić information content (AvgIpc) is 2.66. The van der Waals surface area contributed by atoms with Gasteiger partial charge in [0, 0.05) is 26.2 Å². The van der Waals surface area contributed by atoms with Crippen molar-refractivity contribution >= 4 is 5.82 Å². The Morgan fingerprint density at radius 1 is 1.47 bits per heavy atom. The number of nitrogens with one attached hydrogen (secondary N) is 1. The smallest absolute Gasteiger partial charge is 0.152 e. The number of hydrogen-bond acceptors (Lipinski definition) is 5. The zero-order chi connectivity index (χ0) is 10.5. The number of hydrogen-bond donors (Lipinski definition) is 1. The molecule has 2 aromatic heterocycles. The van der Waals surface area contributed by atoms with Gasteiger partial charge in [0.15, 0.2) is 5.82 Å². The van der Waals surface area contributed by atoms with Gasteiger partial charge in [-0.2, -0.15) is 10.2 Å². The van der Waals surface area contributed by atoms with Crippen molar-refractivity contribution in [2.45, 2.75) is 6.42 Å². The Morgan fingerprint density at radius 3 is 3.07 bits per heavy atom. The molecule has 0 radical (unpaired) electrons. The maximum absolute atomic E-state index is 4.17. The van der Waals surface area contributed by atoms with Crippen molar-refractivity contribution in [2.75, 3.05) is 11.9 Å². The Kier molecular flexibility index (Phi) is 2.87. The van der Waals surface area contributed by atoms with Gasteiger partial charge in [0.2, 0.25) is 0 Å². The van der Waals surface area contributed by atoms with Crippen LogP contribution in [0, 0.1) is 0 Å². The summed E-state index contributed by atoms with van der Waals surface area (Å²) in [6, 6.07) is 3.72. The van der Waals surface area contributed by atoms with E-state index in [0.717, 1.165) is 24.6 Å². The average molecular weight is 204 g/mol. The van der Waals surface area contributed by atoms with Crippen molar-refractivity contribution in [1.29, 1.82) is 0 Å². The van der Waals surface area contributed by atoms with E-state index in [1.54, 1.807) is 17.2 Å². The molecule has 0 aromatic carbocycles. The van der Waals surface area contributed by atoms with Crippen LogP contribution >= 0.6 is 0 Å². The fraction of sp³-hybridized carbons (Fsp3) is 0.333. The summed E-state index contributed by atoms with van der Waals surface area (Å²) in [6.07, 6.45) is 4.11. The minimum absolute atomic E-state index is 0.753. The molecule has 6 nitrogen and oxygen atoms in total. The minimum Gasteiger partial charge on any atom is -0.368 e. The highest BCUT2D eigenvalue weighted by molar-refractivity contribution is 5.31. The standard InChI is InChI=1S/C9H12N6/c1-15-7-11-9(14-15)4-6-10-8-3-2-5-12-13-8/h2-3,5,7H,4,6H2,1H3,(H,10,13). The molecule has 0 saturated heterocycles. The molecule has 2 heterocycles. The normalized spacial score (nSPS) is 10.2. The Hall–Kier alpha value is -1.98. The van der Waals surface area contributed by atoms with Gasteiger partial charge in [-0.25, -0.2) is 4.98 Å². The van der Waals surface area contributed by atoms with Crippen molar-refractivity contribution in [3.05, 3.63) is 30.5 Å². The van der Waals surface area contributed by atoms with Gasteiger partial charge in [-0.1, -0.05) is 0 Å². The fourth-order valence-electron chi connectivity index (χ4n) is 1.20. The number of aryl methyl sites for hydroxylation is 1. The van der Waals surface area contributed by atoms with Gasteiger partial charge in [0.25, 0.3) is 0 Å². The highest BCUT2D eigenvalue weighted by Gasteiger charge is 1.98. The predicted octanol–water partition coefficient (Wildman–Crippen LogP) is 0.260. The maximum Gasteiger partial charge on any atom is 0.152 e. The van der Waals surface area contributed by atoms with E-state index in [-0.39, 0.29) is 0 Å². The molecule has 15 heavy (non-hydrogen) atoms. The molecule has 0 aliphatic carbocycles. The minimum atomic E-state index is 0.753. The number of nitrogens with zero attached hydrogens (tertiary/aromatic N) is 5. The van der Waals surface area contributed by atoms with Gasteiger partial charge in [-0.05, 0) is 12.1 Å². The molecule has 0 saturated carbocycles. The highest BCUT2D eigenvalue weighted by atomic mass is 15.3. The van der Waals surface area contributed by atoms with Gasteiger partial charge in [0.1, 0.15) is 12.1 Å². The van der Waals surface area contributed by atoms with Crippen LogP contribution in [0.2, 0.25) is 0 Å². The monoisotopic (exact) mass is 204 g/mol. The number of aromatic nitrogens is 5. The SMILES string of the molecule is Cn1cnc(CCNc2cccnn2)n1. The van der Waals surface area contributed by atoms with E-state index in [4.69, 9.17) is 0 Å². The van der Waals surface area contributed by atoms with Crippen LogP contribution in [0.15, 0.2) is 24.7 Å². The lowest BCUT2D eigenvalue weighted by molar-refractivity contribution is 0.741. The van der Waals surface area contributed by atoms with Gasteiger partial charge in [-0.3, -0.25) is 4.68 Å². The van der Waals surface area contributed by atoms with E-state index in [0.29, 0.717) is 0 Å². The lowest BCUT2D eigenvalue weighted by Gasteiger charge is -2.01. The Bertz CT molecular complexity index is 410. The summed E-state index contributed by atoms with van der Waals surface area (Å²) in [5, 5.41) is 15.0. The third-order valence-electron chi connectivity index (χ3n) is 1.87. The van der Waals surface area contributed by atoms with Crippen LogP contribution in [0.25, 0.3) is 0 Å². The Morgan fingerprint density at radius 2 is 2.40 bits per heavy atom. The lowest BCUT2D eigenvalue weighted by atomic mass is 10.4. The third-order valence-corrected chi connectivity index (χ3v) is 1.87. The molecule has 0 bridgehead atoms. The second-order valence-electron chi connectivity index (χ2n) is 3.12. The van der Waals surface area contributed by atoms with E-state index in [1.807, 2.05) is 19.2 Å². The lowest BCUT2D eigenvalue weighted by Crippen LogP contribution is -2.07. The van der Waals surface area contributed by atoms with Crippen LogP contribution in [-0.4, -0.2) is 31.5 Å². The van der Waals surface area contributed by atoms with E-state index >= 15 is 0 Å². The zero-order valence-electron chi connectivity index (χ0n) is 8.46. The summed E-state index contributed by atoms with van der Waals surface area (Å²) in [6.45, 7) is 0.753. The first-order valence-electron chi connectivity index (χ1n) is 4.71. The molecule has 0 aliphatic rings. The molecule has 0 amide bonds. The van der Waals surface area contributed by atoms with E-state index < -0.39 is 0 Å². The Labute approximate surface area is 87.4 Å². The number of anilines is 1. The number of rotatable bonds is 4. The summed E-state index contributed by atoms with van der Waals surface area (Å²) in [7, 11) is 1.85.